The van der Waals surface area contributed by atoms with Gasteiger partial charge in [-0.3, -0.25) is 14.4 Å². The molecule has 2 aromatic rings. The molecule has 1 aliphatic heterocycles. The number of carbonyl (C=O) groups excluding carboxylic acids is 3. The smallest absolute Gasteiger partial charge is 0.262 e. The van der Waals surface area contributed by atoms with E-state index in [0.717, 1.165) is 23.3 Å². The van der Waals surface area contributed by atoms with Gasteiger partial charge in [-0.05, 0) is 36.9 Å². The molecule has 1 saturated heterocycles. The predicted octanol–water partition coefficient (Wildman–Crippen LogP) is 2.06. The molecular formula is C22H27N3O5S2. The normalized spacial score (nSPS) is 15.3. The van der Waals surface area contributed by atoms with E-state index in [1.54, 1.807) is 34.5 Å². The van der Waals surface area contributed by atoms with E-state index in [1.807, 2.05) is 13.8 Å². The third kappa shape index (κ3) is 5.36. The Hall–Kier alpha value is -2.72. The summed E-state index contributed by atoms with van der Waals surface area (Å²) >= 11 is 1.16. The Morgan fingerprint density at radius 1 is 1.03 bits per heavy atom. The molecule has 1 fully saturated rings. The van der Waals surface area contributed by atoms with Crippen LogP contribution in [-0.2, 0) is 19.4 Å². The second kappa shape index (κ2) is 10.3. The monoisotopic (exact) mass is 477 g/mol. The molecule has 0 unspecified atom stereocenters. The number of nitrogens with zero attached hydrogens (tertiary/aromatic N) is 2. The van der Waals surface area contributed by atoms with E-state index in [1.165, 1.54) is 17.0 Å². The second-order valence-corrected chi connectivity index (χ2v) is 10.6. The van der Waals surface area contributed by atoms with Gasteiger partial charge in [0.05, 0.1) is 9.77 Å². The number of hydrogen-bond acceptors (Lipinski definition) is 6. The molecule has 0 bridgehead atoms. The summed E-state index contributed by atoms with van der Waals surface area (Å²) in [6.45, 7) is 4.85. The highest BCUT2D eigenvalue weighted by Crippen LogP contribution is 2.20. The minimum atomic E-state index is -4.19. The fourth-order valence-electron chi connectivity index (χ4n) is 3.45. The van der Waals surface area contributed by atoms with Gasteiger partial charge in [-0.25, -0.2) is 8.42 Å². The van der Waals surface area contributed by atoms with Crippen LogP contribution in [-0.4, -0.2) is 67.5 Å². The average Bonchev–Trinajstić information content (AvgIpc) is 3.32. The van der Waals surface area contributed by atoms with Gasteiger partial charge >= 0.3 is 0 Å². The number of hydrogen-bond donors (Lipinski definition) is 1. The number of nitrogens with one attached hydrogen (secondary N) is 1. The van der Waals surface area contributed by atoms with E-state index in [2.05, 4.69) is 5.32 Å². The predicted molar refractivity (Wildman–Crippen MR) is 122 cm³/mol. The van der Waals surface area contributed by atoms with Crippen molar-refractivity contribution in [3.8, 4) is 0 Å². The minimum Gasteiger partial charge on any atom is -0.339 e. The SMILES string of the molecule is CCCC(=O)N1CCN(C(=O)[C@H](NC(=O)c2cccs2)S(=O)(=O)c2ccc(C)cc2)CC1. The fourth-order valence-corrected chi connectivity index (χ4v) is 5.54. The summed E-state index contributed by atoms with van der Waals surface area (Å²) in [7, 11) is -4.19. The molecule has 32 heavy (non-hydrogen) atoms. The molecule has 8 nitrogen and oxygen atoms in total. The van der Waals surface area contributed by atoms with Gasteiger partial charge in [-0.15, -0.1) is 11.3 Å². The zero-order valence-corrected chi connectivity index (χ0v) is 19.7. The van der Waals surface area contributed by atoms with Gasteiger partial charge in [0, 0.05) is 32.6 Å². The number of aryl methyl sites for hydroxylation is 1. The van der Waals surface area contributed by atoms with Crippen LogP contribution in [0, 0.1) is 6.92 Å². The maximum Gasteiger partial charge on any atom is 0.262 e. The molecular weight excluding hydrogens is 450 g/mol. The lowest BCUT2D eigenvalue weighted by atomic mass is 10.2. The molecule has 3 rings (SSSR count). The van der Waals surface area contributed by atoms with Crippen LogP contribution in [0.3, 0.4) is 0 Å². The zero-order chi connectivity index (χ0) is 23.3. The Morgan fingerprint density at radius 2 is 1.66 bits per heavy atom. The highest BCUT2D eigenvalue weighted by atomic mass is 32.2. The van der Waals surface area contributed by atoms with Crippen LogP contribution in [0.2, 0.25) is 0 Å². The van der Waals surface area contributed by atoms with Gasteiger partial charge in [0.15, 0.2) is 0 Å². The quantitative estimate of drug-likeness (QED) is 0.657. The number of rotatable bonds is 7. The minimum absolute atomic E-state index is 0.0226. The highest BCUT2D eigenvalue weighted by Gasteiger charge is 2.39. The van der Waals surface area contributed by atoms with Crippen molar-refractivity contribution in [1.82, 2.24) is 15.1 Å². The van der Waals surface area contributed by atoms with Gasteiger partial charge < -0.3 is 15.1 Å². The van der Waals surface area contributed by atoms with Gasteiger partial charge in [-0.1, -0.05) is 30.7 Å². The van der Waals surface area contributed by atoms with Crippen LogP contribution in [0.5, 0.6) is 0 Å². The molecule has 1 N–H and O–H groups in total. The van der Waals surface area contributed by atoms with Crippen molar-refractivity contribution in [1.29, 1.82) is 0 Å². The first-order valence-electron chi connectivity index (χ1n) is 10.5. The van der Waals surface area contributed by atoms with Gasteiger partial charge in [0.2, 0.25) is 21.1 Å². The number of sulfone groups is 1. The van der Waals surface area contributed by atoms with Crippen molar-refractivity contribution in [3.05, 3.63) is 52.2 Å². The molecule has 0 radical (unpaired) electrons. The maximum absolute atomic E-state index is 13.4. The number of thiophene rings is 1. The van der Waals surface area contributed by atoms with E-state index in [0.29, 0.717) is 24.4 Å². The Balaban J connectivity index is 1.84. The lowest BCUT2D eigenvalue weighted by Gasteiger charge is -2.36. The number of amides is 3. The molecule has 1 aromatic carbocycles. The number of piperazine rings is 1. The van der Waals surface area contributed by atoms with Crippen LogP contribution in [0.4, 0.5) is 0 Å². The standard InChI is InChI=1S/C22H27N3O5S2/c1-3-5-19(26)24-11-13-25(14-12-24)22(28)21(23-20(27)18-6-4-15-31-18)32(29,30)17-9-7-16(2)8-10-17/h4,6-10,15,21H,3,5,11-14H2,1-2H3,(H,23,27)/t21-/m1/s1. The van der Waals surface area contributed by atoms with Crippen LogP contribution in [0.15, 0.2) is 46.7 Å². The fraction of sp³-hybridized carbons (Fsp3) is 0.409. The topological polar surface area (TPSA) is 104 Å². The van der Waals surface area contributed by atoms with Gasteiger partial charge in [-0.2, -0.15) is 0 Å². The summed E-state index contributed by atoms with van der Waals surface area (Å²) in [6, 6.07) is 9.41. The van der Waals surface area contributed by atoms with Gasteiger partial charge in [0.25, 0.3) is 11.8 Å². The maximum atomic E-state index is 13.4. The van der Waals surface area contributed by atoms with Crippen molar-refractivity contribution in [2.75, 3.05) is 26.2 Å². The van der Waals surface area contributed by atoms with Crippen LogP contribution in [0.25, 0.3) is 0 Å². The molecule has 3 amide bonds. The summed E-state index contributed by atoms with van der Waals surface area (Å²) in [4.78, 5) is 41.5. The van der Waals surface area contributed by atoms with Crippen molar-refractivity contribution in [3.63, 3.8) is 0 Å². The number of benzene rings is 1. The Bertz CT molecular complexity index is 1060. The van der Waals surface area contributed by atoms with E-state index >= 15 is 0 Å². The summed E-state index contributed by atoms with van der Waals surface area (Å²) < 4.78 is 26.7. The van der Waals surface area contributed by atoms with Crippen LogP contribution >= 0.6 is 11.3 Å². The molecule has 1 aliphatic rings. The molecule has 172 valence electrons. The Kier molecular flexibility index (Phi) is 7.68. The summed E-state index contributed by atoms with van der Waals surface area (Å²) in [5.41, 5.74) is 0.877. The lowest BCUT2D eigenvalue weighted by Crippen LogP contribution is -2.57. The van der Waals surface area contributed by atoms with Crippen molar-refractivity contribution < 1.29 is 22.8 Å². The van der Waals surface area contributed by atoms with Crippen molar-refractivity contribution in [2.45, 2.75) is 37.0 Å². The van der Waals surface area contributed by atoms with E-state index in [9.17, 15) is 22.8 Å². The van der Waals surface area contributed by atoms with E-state index in [4.69, 9.17) is 0 Å². The summed E-state index contributed by atoms with van der Waals surface area (Å²) in [5, 5.41) is 2.38. The van der Waals surface area contributed by atoms with Crippen molar-refractivity contribution in [2.24, 2.45) is 0 Å². The molecule has 0 saturated carbocycles. The molecule has 10 heteroatoms. The van der Waals surface area contributed by atoms with Crippen LogP contribution < -0.4 is 5.32 Å². The third-order valence-corrected chi connectivity index (χ3v) is 8.04. The number of carbonyl (C=O) groups is 3. The first-order valence-corrected chi connectivity index (χ1v) is 12.9. The second-order valence-electron chi connectivity index (χ2n) is 7.64. The highest BCUT2D eigenvalue weighted by molar-refractivity contribution is 7.92. The zero-order valence-electron chi connectivity index (χ0n) is 18.1. The molecule has 1 aromatic heterocycles. The molecule has 0 spiro atoms. The lowest BCUT2D eigenvalue weighted by molar-refractivity contribution is -0.139. The average molecular weight is 478 g/mol. The van der Waals surface area contributed by atoms with Crippen LogP contribution in [0.1, 0.15) is 35.0 Å². The van der Waals surface area contributed by atoms with E-state index in [-0.39, 0.29) is 23.9 Å². The Morgan fingerprint density at radius 3 is 2.22 bits per heavy atom. The summed E-state index contributed by atoms with van der Waals surface area (Å²) in [6.07, 6.45) is 1.18. The first kappa shape index (κ1) is 23.9. The van der Waals surface area contributed by atoms with Crippen molar-refractivity contribution >= 4 is 38.9 Å². The third-order valence-electron chi connectivity index (χ3n) is 5.30. The van der Waals surface area contributed by atoms with E-state index < -0.39 is 27.0 Å². The summed E-state index contributed by atoms with van der Waals surface area (Å²) in [5.74, 6) is -1.29. The molecule has 2 heterocycles. The first-order chi connectivity index (χ1) is 15.2. The molecule has 0 aliphatic carbocycles. The Labute approximate surface area is 192 Å². The molecule has 1 atom stereocenters. The van der Waals surface area contributed by atoms with Gasteiger partial charge in [0.1, 0.15) is 0 Å². The largest absolute Gasteiger partial charge is 0.339 e.